The van der Waals surface area contributed by atoms with Crippen molar-refractivity contribution in [3.8, 4) is 0 Å². The first-order valence-corrected chi connectivity index (χ1v) is 8.55. The first-order chi connectivity index (χ1) is 11.7. The molecule has 6 nitrogen and oxygen atoms in total. The highest BCUT2D eigenvalue weighted by Crippen LogP contribution is 2.22. The first-order valence-electron chi connectivity index (χ1n) is 8.55. The third-order valence-corrected chi connectivity index (χ3v) is 4.97. The fourth-order valence-corrected chi connectivity index (χ4v) is 3.76. The van der Waals surface area contributed by atoms with Crippen LogP contribution in [0.2, 0.25) is 0 Å². The monoisotopic (exact) mass is 325 g/mol. The van der Waals surface area contributed by atoms with Crippen molar-refractivity contribution in [1.82, 2.24) is 20.4 Å². The van der Waals surface area contributed by atoms with E-state index >= 15 is 0 Å². The van der Waals surface area contributed by atoms with Gasteiger partial charge in [-0.3, -0.25) is 4.68 Å². The largest absolute Gasteiger partial charge is 0.367 e. The standard InChI is InChI=1S/C18H23N5O/c1-22-12-17(10-19-22)23-7-6-15(11-23)20-18(24)21-16-8-13-4-2-3-5-14(13)9-16/h2-5,10,12,15-16H,6-9,11H2,1H3,(H2,20,21,24)/t15-/m0/s1. The van der Waals surface area contributed by atoms with Crippen LogP contribution in [-0.2, 0) is 19.9 Å². The van der Waals surface area contributed by atoms with Crippen LogP contribution in [0.5, 0.6) is 0 Å². The highest BCUT2D eigenvalue weighted by atomic mass is 16.2. The Bertz CT molecular complexity index is 716. The van der Waals surface area contributed by atoms with Crippen molar-refractivity contribution < 1.29 is 4.79 Å². The Labute approximate surface area is 141 Å². The number of carbonyl (C=O) groups is 1. The molecule has 0 radical (unpaired) electrons. The molecule has 0 saturated carbocycles. The van der Waals surface area contributed by atoms with Gasteiger partial charge < -0.3 is 15.5 Å². The van der Waals surface area contributed by atoms with Crippen LogP contribution in [-0.4, -0.2) is 41.0 Å². The number of hydrogen-bond acceptors (Lipinski definition) is 3. The fraction of sp³-hybridized carbons (Fsp3) is 0.444. The maximum Gasteiger partial charge on any atom is 0.315 e. The molecule has 2 aromatic rings. The second-order valence-corrected chi connectivity index (χ2v) is 6.80. The minimum atomic E-state index is -0.0501. The fourth-order valence-electron chi connectivity index (χ4n) is 3.76. The molecule has 24 heavy (non-hydrogen) atoms. The van der Waals surface area contributed by atoms with Gasteiger partial charge in [-0.2, -0.15) is 5.10 Å². The summed E-state index contributed by atoms with van der Waals surface area (Å²) in [6.45, 7) is 1.79. The van der Waals surface area contributed by atoms with Crippen LogP contribution in [0.15, 0.2) is 36.7 Å². The van der Waals surface area contributed by atoms with E-state index in [-0.39, 0.29) is 18.1 Å². The van der Waals surface area contributed by atoms with Crippen LogP contribution in [0.1, 0.15) is 17.5 Å². The third-order valence-electron chi connectivity index (χ3n) is 4.97. The Morgan fingerprint density at radius 1 is 1.17 bits per heavy atom. The van der Waals surface area contributed by atoms with E-state index in [0.29, 0.717) is 0 Å². The van der Waals surface area contributed by atoms with Gasteiger partial charge in [-0.25, -0.2) is 4.79 Å². The zero-order valence-electron chi connectivity index (χ0n) is 13.9. The van der Waals surface area contributed by atoms with Gasteiger partial charge in [-0.15, -0.1) is 0 Å². The summed E-state index contributed by atoms with van der Waals surface area (Å²) in [5, 5.41) is 10.5. The molecule has 6 heteroatoms. The number of nitrogens with zero attached hydrogens (tertiary/aromatic N) is 3. The topological polar surface area (TPSA) is 62.2 Å². The van der Waals surface area contributed by atoms with Crippen molar-refractivity contribution in [3.05, 3.63) is 47.8 Å². The van der Waals surface area contributed by atoms with E-state index in [1.54, 1.807) is 4.68 Å². The van der Waals surface area contributed by atoms with Crippen molar-refractivity contribution in [2.45, 2.75) is 31.3 Å². The number of rotatable bonds is 3. The van der Waals surface area contributed by atoms with Crippen molar-refractivity contribution in [2.75, 3.05) is 18.0 Å². The number of fused-ring (bicyclic) bond motifs is 1. The molecule has 2 amide bonds. The SMILES string of the molecule is Cn1cc(N2CC[C@H](NC(=O)NC3Cc4ccccc4C3)C2)cn1. The molecular formula is C18H23N5O. The lowest BCUT2D eigenvalue weighted by atomic mass is 10.1. The van der Waals surface area contributed by atoms with Gasteiger partial charge >= 0.3 is 6.03 Å². The number of anilines is 1. The Morgan fingerprint density at radius 2 is 1.88 bits per heavy atom. The number of amides is 2. The van der Waals surface area contributed by atoms with Crippen LogP contribution >= 0.6 is 0 Å². The van der Waals surface area contributed by atoms with Gasteiger partial charge in [0.1, 0.15) is 0 Å². The molecule has 2 aliphatic rings. The van der Waals surface area contributed by atoms with Gasteiger partial charge in [0.05, 0.1) is 11.9 Å². The highest BCUT2D eigenvalue weighted by molar-refractivity contribution is 5.75. The molecule has 1 aliphatic heterocycles. The van der Waals surface area contributed by atoms with Crippen molar-refractivity contribution >= 4 is 11.7 Å². The highest BCUT2D eigenvalue weighted by Gasteiger charge is 2.27. The third kappa shape index (κ3) is 3.09. The van der Waals surface area contributed by atoms with Crippen LogP contribution in [0.4, 0.5) is 10.5 Å². The Balaban J connectivity index is 1.27. The van der Waals surface area contributed by atoms with E-state index in [4.69, 9.17) is 0 Å². The van der Waals surface area contributed by atoms with Crippen molar-refractivity contribution in [3.63, 3.8) is 0 Å². The quantitative estimate of drug-likeness (QED) is 0.898. The molecule has 1 aliphatic carbocycles. The lowest BCUT2D eigenvalue weighted by Gasteiger charge is -2.18. The van der Waals surface area contributed by atoms with Crippen LogP contribution in [0, 0.1) is 0 Å². The van der Waals surface area contributed by atoms with E-state index in [1.165, 1.54) is 11.1 Å². The average Bonchev–Trinajstić information content (AvgIpc) is 3.25. The number of nitrogens with one attached hydrogen (secondary N) is 2. The molecule has 0 bridgehead atoms. The number of aryl methyl sites for hydroxylation is 1. The molecule has 126 valence electrons. The summed E-state index contributed by atoms with van der Waals surface area (Å²) in [5.74, 6) is 0. The van der Waals surface area contributed by atoms with Gasteiger partial charge in [0.2, 0.25) is 0 Å². The van der Waals surface area contributed by atoms with Crippen molar-refractivity contribution in [2.24, 2.45) is 7.05 Å². The number of aromatic nitrogens is 2. The molecular weight excluding hydrogens is 302 g/mol. The van der Waals surface area contributed by atoms with E-state index in [2.05, 4.69) is 44.9 Å². The maximum atomic E-state index is 12.3. The zero-order chi connectivity index (χ0) is 16.5. The molecule has 0 unspecified atom stereocenters. The molecule has 4 rings (SSSR count). The number of carbonyl (C=O) groups excluding carboxylic acids is 1. The second-order valence-electron chi connectivity index (χ2n) is 6.80. The summed E-state index contributed by atoms with van der Waals surface area (Å²) < 4.78 is 1.81. The average molecular weight is 325 g/mol. The van der Waals surface area contributed by atoms with Crippen LogP contribution in [0.3, 0.4) is 0 Å². The molecule has 2 N–H and O–H groups in total. The summed E-state index contributed by atoms with van der Waals surface area (Å²) >= 11 is 0. The molecule has 0 spiro atoms. The number of urea groups is 1. The summed E-state index contributed by atoms with van der Waals surface area (Å²) in [6.07, 6.45) is 6.70. The number of benzene rings is 1. The Morgan fingerprint density at radius 3 is 2.54 bits per heavy atom. The van der Waals surface area contributed by atoms with E-state index in [0.717, 1.165) is 38.0 Å². The van der Waals surface area contributed by atoms with Gasteiger partial charge in [0, 0.05) is 38.4 Å². The minimum absolute atomic E-state index is 0.0501. The Kier molecular flexibility index (Phi) is 3.88. The van der Waals surface area contributed by atoms with Crippen LogP contribution < -0.4 is 15.5 Å². The maximum absolute atomic E-state index is 12.3. The van der Waals surface area contributed by atoms with E-state index in [9.17, 15) is 4.79 Å². The van der Waals surface area contributed by atoms with Gasteiger partial charge in [-0.05, 0) is 30.4 Å². The second kappa shape index (κ2) is 6.19. The van der Waals surface area contributed by atoms with Gasteiger partial charge in [0.25, 0.3) is 0 Å². The predicted molar refractivity (Wildman–Crippen MR) is 93.1 cm³/mol. The smallest absolute Gasteiger partial charge is 0.315 e. The zero-order valence-corrected chi connectivity index (χ0v) is 13.9. The summed E-state index contributed by atoms with van der Waals surface area (Å²) in [4.78, 5) is 14.6. The lowest BCUT2D eigenvalue weighted by molar-refractivity contribution is 0.234. The lowest BCUT2D eigenvalue weighted by Crippen LogP contribution is -2.47. The molecule has 1 atom stereocenters. The Hall–Kier alpha value is -2.50. The molecule has 1 saturated heterocycles. The van der Waals surface area contributed by atoms with Crippen molar-refractivity contribution in [1.29, 1.82) is 0 Å². The summed E-state index contributed by atoms with van der Waals surface area (Å²) in [5.41, 5.74) is 3.83. The molecule has 1 aromatic carbocycles. The molecule has 2 heterocycles. The normalized spacial score (nSPS) is 20.2. The summed E-state index contributed by atoms with van der Waals surface area (Å²) in [7, 11) is 1.92. The minimum Gasteiger partial charge on any atom is -0.367 e. The molecule has 1 aromatic heterocycles. The van der Waals surface area contributed by atoms with Crippen LogP contribution in [0.25, 0.3) is 0 Å². The van der Waals surface area contributed by atoms with Gasteiger partial charge in [0.15, 0.2) is 0 Å². The molecule has 1 fully saturated rings. The van der Waals surface area contributed by atoms with Gasteiger partial charge in [-0.1, -0.05) is 24.3 Å². The first kappa shape index (κ1) is 15.1. The van der Waals surface area contributed by atoms with E-state index in [1.807, 2.05) is 19.4 Å². The predicted octanol–water partition coefficient (Wildman–Crippen LogP) is 1.47. The summed E-state index contributed by atoms with van der Waals surface area (Å²) in [6, 6.07) is 8.77. The van der Waals surface area contributed by atoms with E-state index < -0.39 is 0 Å². The number of hydrogen-bond donors (Lipinski definition) is 2.